The van der Waals surface area contributed by atoms with Gasteiger partial charge in [0.25, 0.3) is 0 Å². The van der Waals surface area contributed by atoms with Crippen LogP contribution in [0.5, 0.6) is 0 Å². The summed E-state index contributed by atoms with van der Waals surface area (Å²) in [6.07, 6.45) is -1.02. The van der Waals surface area contributed by atoms with Crippen molar-refractivity contribution in [3.8, 4) is 0 Å². The highest BCUT2D eigenvalue weighted by molar-refractivity contribution is 6.69. The predicted octanol–water partition coefficient (Wildman–Crippen LogP) is -0.0203. The molecule has 0 spiro atoms. The molecule has 0 bridgehead atoms. The number of aliphatic hydroxyl groups is 2. The molecule has 0 radical (unpaired) electrons. The van der Waals surface area contributed by atoms with E-state index in [1.807, 2.05) is 0 Å². The number of nitrogens with zero attached hydrogens (tertiary/aromatic N) is 3. The number of benzene rings is 1. The first-order chi connectivity index (χ1) is 9.02. The Morgan fingerprint density at radius 3 is 2.58 bits per heavy atom. The van der Waals surface area contributed by atoms with E-state index in [9.17, 15) is 10.2 Å². The van der Waals surface area contributed by atoms with Gasteiger partial charge < -0.3 is 15.9 Å². The van der Waals surface area contributed by atoms with E-state index in [0.29, 0.717) is 22.7 Å². The number of amidine groups is 1. The lowest BCUT2D eigenvalue weighted by Gasteiger charge is -2.06. The van der Waals surface area contributed by atoms with Crippen LogP contribution >= 0.6 is 0 Å². The van der Waals surface area contributed by atoms with Crippen LogP contribution in [0.3, 0.4) is 0 Å². The van der Waals surface area contributed by atoms with Crippen LogP contribution in [0, 0.1) is 5.41 Å². The topological polar surface area (TPSA) is 118 Å². The molecule has 0 aliphatic carbocycles. The Labute approximate surface area is 110 Å². The van der Waals surface area contributed by atoms with Crippen LogP contribution in [0.25, 0.3) is 0 Å². The van der Waals surface area contributed by atoms with Crippen LogP contribution in [0.15, 0.2) is 34.4 Å². The molecule has 1 unspecified atom stereocenters. The maximum absolute atomic E-state index is 9.20. The van der Waals surface area contributed by atoms with Crippen molar-refractivity contribution in [2.45, 2.75) is 6.23 Å². The smallest absolute Gasteiger partial charge is 0.169 e. The average molecular weight is 261 g/mol. The third-order valence-corrected chi connectivity index (χ3v) is 2.72. The van der Waals surface area contributed by atoms with Gasteiger partial charge >= 0.3 is 0 Å². The Bertz CT molecular complexity index is 548. The molecule has 1 atom stereocenters. The quantitative estimate of drug-likeness (QED) is 0.572. The second kappa shape index (κ2) is 5.27. The normalized spacial score (nSPS) is 18.9. The van der Waals surface area contributed by atoms with Crippen molar-refractivity contribution >= 4 is 22.9 Å². The fourth-order valence-corrected chi connectivity index (χ4v) is 1.67. The maximum atomic E-state index is 9.20. The van der Waals surface area contributed by atoms with E-state index in [-0.39, 0.29) is 12.4 Å². The van der Waals surface area contributed by atoms with E-state index in [1.54, 1.807) is 31.3 Å². The van der Waals surface area contributed by atoms with E-state index >= 15 is 0 Å². The van der Waals surface area contributed by atoms with Gasteiger partial charge in [0.2, 0.25) is 0 Å². The first-order valence-electron chi connectivity index (χ1n) is 5.66. The molecular formula is C12H15N5O2. The van der Waals surface area contributed by atoms with Crippen LogP contribution in [0.4, 0.5) is 5.69 Å². The molecule has 1 aliphatic rings. The van der Waals surface area contributed by atoms with E-state index in [2.05, 4.69) is 10.1 Å². The Hall–Kier alpha value is -2.09. The summed E-state index contributed by atoms with van der Waals surface area (Å²) >= 11 is 0. The van der Waals surface area contributed by atoms with Gasteiger partial charge in [-0.2, -0.15) is 5.10 Å². The molecule has 1 heterocycles. The standard InChI is InChI=1S/C12H15N5O2/c1-17-11(13)10(9(6-18)16-17)15-8-4-2-7(3-5-8)12(14)19/h2-5,12-13,18-19H,6,14H2,1H3. The highest BCUT2D eigenvalue weighted by Crippen LogP contribution is 2.18. The predicted molar refractivity (Wildman–Crippen MR) is 72.7 cm³/mol. The monoisotopic (exact) mass is 261 g/mol. The lowest BCUT2D eigenvalue weighted by Crippen LogP contribution is -2.25. The Kier molecular flexibility index (Phi) is 3.70. The summed E-state index contributed by atoms with van der Waals surface area (Å²) in [5.74, 6) is 0.131. The van der Waals surface area contributed by atoms with Gasteiger partial charge in [-0.3, -0.25) is 5.41 Å². The molecule has 1 aromatic rings. The minimum Gasteiger partial charge on any atom is -0.390 e. The lowest BCUT2D eigenvalue weighted by atomic mass is 10.2. The van der Waals surface area contributed by atoms with Crippen molar-refractivity contribution in [3.05, 3.63) is 29.8 Å². The SMILES string of the molecule is CN1N=C(CO)C(=Nc2ccc(C(N)O)cc2)C1=N. The Morgan fingerprint density at radius 2 is 2.05 bits per heavy atom. The summed E-state index contributed by atoms with van der Waals surface area (Å²) < 4.78 is 0. The maximum Gasteiger partial charge on any atom is 0.169 e. The van der Waals surface area contributed by atoms with Crippen molar-refractivity contribution in [1.82, 2.24) is 5.01 Å². The van der Waals surface area contributed by atoms with E-state index in [4.69, 9.17) is 11.1 Å². The Morgan fingerprint density at radius 1 is 1.42 bits per heavy atom. The van der Waals surface area contributed by atoms with Crippen LogP contribution in [-0.4, -0.2) is 46.1 Å². The zero-order valence-corrected chi connectivity index (χ0v) is 10.4. The minimum atomic E-state index is -1.02. The number of hydrazone groups is 1. The van der Waals surface area contributed by atoms with Gasteiger partial charge in [0.1, 0.15) is 17.7 Å². The second-order valence-corrected chi connectivity index (χ2v) is 4.07. The van der Waals surface area contributed by atoms with Gasteiger partial charge in [0, 0.05) is 7.05 Å². The zero-order valence-electron chi connectivity index (χ0n) is 10.4. The summed E-state index contributed by atoms with van der Waals surface area (Å²) in [7, 11) is 1.62. The van der Waals surface area contributed by atoms with E-state index in [0.717, 1.165) is 0 Å². The first-order valence-corrected chi connectivity index (χ1v) is 5.66. The molecule has 0 fully saturated rings. The molecule has 0 aromatic heterocycles. The van der Waals surface area contributed by atoms with Crippen LogP contribution in [-0.2, 0) is 0 Å². The van der Waals surface area contributed by atoms with E-state index < -0.39 is 6.23 Å². The molecule has 1 aromatic carbocycles. The van der Waals surface area contributed by atoms with Gasteiger partial charge in [0.15, 0.2) is 5.84 Å². The number of rotatable bonds is 3. The van der Waals surface area contributed by atoms with Crippen LogP contribution in [0.1, 0.15) is 11.8 Å². The summed E-state index contributed by atoms with van der Waals surface area (Å²) in [6.45, 7) is -0.273. The zero-order chi connectivity index (χ0) is 14.0. The largest absolute Gasteiger partial charge is 0.390 e. The molecule has 19 heavy (non-hydrogen) atoms. The van der Waals surface area contributed by atoms with Crippen molar-refractivity contribution in [1.29, 1.82) is 5.41 Å². The number of aliphatic imine (C=N–C) groups is 1. The summed E-state index contributed by atoms with van der Waals surface area (Å²) in [5.41, 5.74) is 7.21. The van der Waals surface area contributed by atoms with Crippen molar-refractivity contribution < 1.29 is 10.2 Å². The van der Waals surface area contributed by atoms with Crippen LogP contribution in [0.2, 0.25) is 0 Å². The highest BCUT2D eigenvalue weighted by atomic mass is 16.3. The lowest BCUT2D eigenvalue weighted by molar-refractivity contribution is 0.186. The molecular weight excluding hydrogens is 246 g/mol. The number of nitrogens with one attached hydrogen (secondary N) is 1. The fourth-order valence-electron chi connectivity index (χ4n) is 1.67. The molecule has 0 saturated heterocycles. The minimum absolute atomic E-state index is 0.131. The molecule has 0 amide bonds. The number of hydrogen-bond acceptors (Lipinski definition) is 6. The third kappa shape index (κ3) is 2.68. The summed E-state index contributed by atoms with van der Waals surface area (Å²) in [4.78, 5) is 4.28. The van der Waals surface area contributed by atoms with Gasteiger partial charge in [-0.1, -0.05) is 12.1 Å². The second-order valence-electron chi connectivity index (χ2n) is 4.07. The molecule has 100 valence electrons. The van der Waals surface area contributed by atoms with Gasteiger partial charge in [-0.05, 0) is 17.7 Å². The van der Waals surface area contributed by atoms with Crippen LogP contribution < -0.4 is 5.73 Å². The van der Waals surface area contributed by atoms with Gasteiger partial charge in [-0.25, -0.2) is 10.0 Å². The molecule has 0 saturated carbocycles. The summed E-state index contributed by atoms with van der Waals surface area (Å²) in [5, 5.41) is 31.5. The van der Waals surface area contributed by atoms with Crippen molar-refractivity contribution in [3.63, 3.8) is 0 Å². The van der Waals surface area contributed by atoms with Gasteiger partial charge in [0.05, 0.1) is 12.3 Å². The highest BCUT2D eigenvalue weighted by Gasteiger charge is 2.25. The summed E-state index contributed by atoms with van der Waals surface area (Å²) in [6, 6.07) is 6.67. The van der Waals surface area contributed by atoms with Crippen molar-refractivity contribution in [2.24, 2.45) is 15.8 Å². The molecule has 1 aliphatic heterocycles. The third-order valence-electron chi connectivity index (χ3n) is 2.72. The molecule has 7 nitrogen and oxygen atoms in total. The number of nitrogens with two attached hydrogens (primary N) is 1. The number of hydrogen-bond donors (Lipinski definition) is 4. The van der Waals surface area contributed by atoms with Crippen molar-refractivity contribution in [2.75, 3.05) is 13.7 Å². The average Bonchev–Trinajstić information content (AvgIpc) is 2.67. The van der Waals surface area contributed by atoms with Gasteiger partial charge in [-0.15, -0.1) is 0 Å². The molecule has 5 N–H and O–H groups in total. The molecule has 2 rings (SSSR count). The number of aliphatic hydroxyl groups excluding tert-OH is 2. The Balaban J connectivity index is 2.30. The fraction of sp³-hybridized carbons (Fsp3) is 0.250. The molecule has 7 heteroatoms. The first kappa shape index (κ1) is 13.3. The van der Waals surface area contributed by atoms with E-state index in [1.165, 1.54) is 5.01 Å².